The van der Waals surface area contributed by atoms with Gasteiger partial charge in [-0.25, -0.2) is 0 Å². The van der Waals surface area contributed by atoms with Crippen molar-refractivity contribution < 1.29 is 15.0 Å². The Morgan fingerprint density at radius 1 is 1.52 bits per heavy atom. The molecule has 0 aliphatic carbocycles. The summed E-state index contributed by atoms with van der Waals surface area (Å²) in [5.74, 6) is -1.41. The molecule has 0 fully saturated rings. The molecule has 1 atom stereocenters. The maximum atomic E-state index is 11.2. The average molecular weight is 345 g/mol. The predicted octanol–water partition coefficient (Wildman–Crippen LogP) is 2.94. The monoisotopic (exact) mass is 345 g/mol. The minimum atomic E-state index is -1.26. The van der Waals surface area contributed by atoms with Crippen molar-refractivity contribution >= 4 is 53.1 Å². The van der Waals surface area contributed by atoms with Gasteiger partial charge in [-0.3, -0.25) is 9.56 Å². The number of para-hydroxylation sites is 1. The van der Waals surface area contributed by atoms with Crippen molar-refractivity contribution in [3.8, 4) is 5.88 Å². The van der Waals surface area contributed by atoms with Gasteiger partial charge in [-0.1, -0.05) is 25.1 Å². The number of carbonyl (C=O) groups is 1. The number of aliphatic carboxylic acids is 1. The Balaban J connectivity index is 2.07. The van der Waals surface area contributed by atoms with Crippen LogP contribution in [0.25, 0.3) is 11.6 Å². The van der Waals surface area contributed by atoms with Crippen LogP contribution in [0.2, 0.25) is 0 Å². The number of hydrogen-bond acceptors (Lipinski definition) is 6. The number of carboxylic acid groups (broad SMARTS) is 1. The zero-order valence-electron chi connectivity index (χ0n) is 12.2. The van der Waals surface area contributed by atoms with Gasteiger partial charge in [-0.15, -0.1) is 11.3 Å². The largest absolute Gasteiger partial charge is 0.548 e. The van der Waals surface area contributed by atoms with E-state index in [4.69, 9.17) is 12.2 Å². The van der Waals surface area contributed by atoms with E-state index < -0.39 is 12.0 Å². The van der Waals surface area contributed by atoms with Gasteiger partial charge in [-0.05, 0) is 30.8 Å². The van der Waals surface area contributed by atoms with Gasteiger partial charge in [0.15, 0.2) is 3.95 Å². The van der Waals surface area contributed by atoms with Crippen molar-refractivity contribution in [3.63, 3.8) is 0 Å². The van der Waals surface area contributed by atoms with Crippen molar-refractivity contribution in [1.82, 2.24) is 4.57 Å². The number of benzene rings is 1. The van der Waals surface area contributed by atoms with Gasteiger partial charge in [0.05, 0.1) is 22.6 Å². The van der Waals surface area contributed by atoms with Gasteiger partial charge in [0.1, 0.15) is 0 Å². The fraction of sp³-hybridized carbons (Fsp3) is 0.188. The maximum Gasteiger partial charge on any atom is 0.211 e. The molecule has 1 aromatic carbocycles. The van der Waals surface area contributed by atoms with Crippen molar-refractivity contribution in [1.29, 1.82) is 0 Å². The summed E-state index contributed by atoms with van der Waals surface area (Å²) in [6.07, 6.45) is 3.76. The van der Waals surface area contributed by atoms with Crippen LogP contribution in [-0.4, -0.2) is 21.9 Å². The third kappa shape index (κ3) is 2.73. The van der Waals surface area contributed by atoms with Crippen LogP contribution < -0.4 is 5.11 Å². The molecule has 0 bridgehead atoms. The summed E-state index contributed by atoms with van der Waals surface area (Å²) >= 11 is 6.37. The smallest absolute Gasteiger partial charge is 0.211 e. The molecular weight excluding hydrogens is 332 g/mol. The maximum absolute atomic E-state index is 11.2. The number of aromatic nitrogens is 1. The van der Waals surface area contributed by atoms with Crippen molar-refractivity contribution in [3.05, 3.63) is 38.7 Å². The standard InChI is InChI=1S/C16H14N2O3S2/c1-2-12(15(20)21)18-14(19)13(23-16(18)22)7-9-8-17-11-6-4-3-5-10(9)11/h3-8,12,19H,2H2,1H3,(H,20,21)/p-1/b9-7+/t12-/m1/s1. The fourth-order valence-corrected chi connectivity index (χ4v) is 3.87. The molecule has 0 radical (unpaired) electrons. The highest BCUT2D eigenvalue weighted by Crippen LogP contribution is 2.37. The molecule has 0 unspecified atom stereocenters. The fourth-order valence-electron chi connectivity index (χ4n) is 2.51. The number of thiazole rings is 1. The summed E-state index contributed by atoms with van der Waals surface area (Å²) in [7, 11) is 0. The first-order valence-electron chi connectivity index (χ1n) is 7.03. The molecule has 7 heteroatoms. The zero-order valence-corrected chi connectivity index (χ0v) is 13.9. The van der Waals surface area contributed by atoms with E-state index in [1.165, 1.54) is 4.57 Å². The number of fused-ring (bicyclic) bond motifs is 1. The molecule has 0 saturated carbocycles. The number of nitrogens with zero attached hydrogens (tertiary/aromatic N) is 2. The zero-order chi connectivity index (χ0) is 16.6. The van der Waals surface area contributed by atoms with E-state index in [1.807, 2.05) is 24.3 Å². The van der Waals surface area contributed by atoms with Gasteiger partial charge in [-0.2, -0.15) is 0 Å². The molecule has 1 aromatic heterocycles. The van der Waals surface area contributed by atoms with E-state index >= 15 is 0 Å². The second-order valence-electron chi connectivity index (χ2n) is 5.04. The van der Waals surface area contributed by atoms with E-state index in [0.717, 1.165) is 28.2 Å². The number of hydrogen-bond donors (Lipinski definition) is 1. The second kappa shape index (κ2) is 6.10. The lowest BCUT2D eigenvalue weighted by Crippen LogP contribution is -2.32. The number of rotatable bonds is 4. The van der Waals surface area contributed by atoms with Crippen LogP contribution >= 0.6 is 23.6 Å². The van der Waals surface area contributed by atoms with Crippen molar-refractivity contribution in [2.75, 3.05) is 0 Å². The van der Waals surface area contributed by atoms with Crippen LogP contribution in [0.15, 0.2) is 29.3 Å². The molecule has 3 rings (SSSR count). The highest BCUT2D eigenvalue weighted by molar-refractivity contribution is 7.73. The third-order valence-electron chi connectivity index (χ3n) is 3.66. The van der Waals surface area contributed by atoms with E-state index in [0.29, 0.717) is 8.83 Å². The summed E-state index contributed by atoms with van der Waals surface area (Å²) in [5, 5.41) is 21.6. The number of aromatic hydroxyl groups is 1. The number of allylic oxidation sites excluding steroid dienone is 1. The van der Waals surface area contributed by atoms with Crippen LogP contribution in [0.1, 0.15) is 29.8 Å². The van der Waals surface area contributed by atoms with Gasteiger partial charge in [0, 0.05) is 17.4 Å². The number of carboxylic acids is 1. The molecule has 1 aliphatic heterocycles. The molecule has 0 saturated heterocycles. The summed E-state index contributed by atoms with van der Waals surface area (Å²) in [6.45, 7) is 1.71. The summed E-state index contributed by atoms with van der Waals surface area (Å²) in [4.78, 5) is 16.0. The first-order valence-corrected chi connectivity index (χ1v) is 8.25. The average Bonchev–Trinajstić information content (AvgIpc) is 3.05. The highest BCUT2D eigenvalue weighted by atomic mass is 32.1. The Morgan fingerprint density at radius 3 is 2.96 bits per heavy atom. The minimum absolute atomic E-state index is 0.152. The van der Waals surface area contributed by atoms with E-state index in [9.17, 15) is 15.0 Å². The Hall–Kier alpha value is -2.25. The Morgan fingerprint density at radius 2 is 2.26 bits per heavy atom. The molecule has 1 N–H and O–H groups in total. The minimum Gasteiger partial charge on any atom is -0.548 e. The predicted molar refractivity (Wildman–Crippen MR) is 91.6 cm³/mol. The summed E-state index contributed by atoms with van der Waals surface area (Å²) in [5.41, 5.74) is 2.67. The van der Waals surface area contributed by atoms with Crippen molar-refractivity contribution in [2.24, 2.45) is 4.99 Å². The molecule has 0 amide bonds. The van der Waals surface area contributed by atoms with Crippen molar-refractivity contribution in [2.45, 2.75) is 19.4 Å². The molecule has 5 nitrogen and oxygen atoms in total. The lowest BCUT2D eigenvalue weighted by molar-refractivity contribution is -0.310. The van der Waals surface area contributed by atoms with E-state index in [1.54, 1.807) is 19.2 Å². The molecule has 0 spiro atoms. The van der Waals surface area contributed by atoms with Crippen LogP contribution in [0.3, 0.4) is 0 Å². The van der Waals surface area contributed by atoms with E-state index in [2.05, 4.69) is 4.99 Å². The SMILES string of the molecule is CC[C@H](C(=O)[O-])n1c(O)c(/C=C2\C=Nc3ccccc32)sc1=S. The number of carbonyl (C=O) groups excluding carboxylic acids is 1. The first-order chi connectivity index (χ1) is 11.0. The molecular formula is C16H13N2O3S2-. The quantitative estimate of drug-likeness (QED) is 0.864. The summed E-state index contributed by atoms with van der Waals surface area (Å²) < 4.78 is 1.54. The molecule has 2 aromatic rings. The molecule has 118 valence electrons. The topological polar surface area (TPSA) is 77.6 Å². The van der Waals surface area contributed by atoms with Crippen LogP contribution in [0.4, 0.5) is 5.69 Å². The van der Waals surface area contributed by atoms with E-state index in [-0.39, 0.29) is 12.3 Å². The van der Waals surface area contributed by atoms with Gasteiger partial charge < -0.3 is 15.0 Å². The highest BCUT2D eigenvalue weighted by Gasteiger charge is 2.20. The Bertz CT molecular complexity index is 893. The number of aliphatic imine (C=N–C) groups is 1. The van der Waals surface area contributed by atoms with Gasteiger partial charge in [0.2, 0.25) is 5.88 Å². The Kier molecular flexibility index (Phi) is 4.14. The van der Waals surface area contributed by atoms with Gasteiger partial charge in [0.25, 0.3) is 0 Å². The van der Waals surface area contributed by atoms with Crippen LogP contribution in [-0.2, 0) is 4.79 Å². The van der Waals surface area contributed by atoms with Crippen LogP contribution in [0.5, 0.6) is 5.88 Å². The normalized spacial score (nSPS) is 15.8. The molecule has 2 heterocycles. The Labute approximate surface area is 141 Å². The molecule has 23 heavy (non-hydrogen) atoms. The third-order valence-corrected chi connectivity index (χ3v) is 5.00. The lowest BCUT2D eigenvalue weighted by Gasteiger charge is -2.18. The first kappa shape index (κ1) is 15.6. The lowest BCUT2D eigenvalue weighted by atomic mass is 10.1. The summed E-state index contributed by atoms with van der Waals surface area (Å²) in [6, 6.07) is 6.69. The second-order valence-corrected chi connectivity index (χ2v) is 6.72. The molecule has 1 aliphatic rings. The van der Waals surface area contributed by atoms with Crippen LogP contribution in [0, 0.1) is 3.95 Å². The van der Waals surface area contributed by atoms with Gasteiger partial charge >= 0.3 is 0 Å².